The first-order valence-electron chi connectivity index (χ1n) is 9.88. The van der Waals surface area contributed by atoms with Gasteiger partial charge in [0.15, 0.2) is 0 Å². The number of hydrogen-bond acceptors (Lipinski definition) is 4. The number of nitriles is 1. The van der Waals surface area contributed by atoms with E-state index in [4.69, 9.17) is 5.26 Å². The monoisotopic (exact) mass is 418 g/mol. The second-order valence-corrected chi connectivity index (χ2v) is 8.98. The molecule has 0 aliphatic carbocycles. The minimum Gasteiger partial charge on any atom is -0.335 e. The van der Waals surface area contributed by atoms with E-state index < -0.39 is 0 Å². The van der Waals surface area contributed by atoms with E-state index >= 15 is 0 Å². The molecule has 0 N–H and O–H groups in total. The number of fused-ring (bicyclic) bond motifs is 1. The number of hydrogen-bond donors (Lipinski definition) is 0. The third-order valence-electron chi connectivity index (χ3n) is 4.63. The predicted molar refractivity (Wildman–Crippen MR) is 129 cm³/mol. The van der Waals surface area contributed by atoms with Crippen LogP contribution in [-0.4, -0.2) is 17.2 Å². The zero-order chi connectivity index (χ0) is 20.5. The van der Waals surface area contributed by atoms with Crippen LogP contribution in [0, 0.1) is 11.3 Å². The molecule has 1 aliphatic heterocycles. The van der Waals surface area contributed by atoms with E-state index in [-0.39, 0.29) is 0 Å². The molecule has 0 amide bonds. The second-order valence-electron chi connectivity index (χ2n) is 6.73. The van der Waals surface area contributed by atoms with Crippen molar-refractivity contribution < 1.29 is 0 Å². The second kappa shape index (κ2) is 11.0. The summed E-state index contributed by atoms with van der Waals surface area (Å²) in [6, 6.07) is 17.4. The van der Waals surface area contributed by atoms with Gasteiger partial charge >= 0.3 is 0 Å². The van der Waals surface area contributed by atoms with Gasteiger partial charge in [-0.15, -0.1) is 11.8 Å². The molecule has 2 aromatic carbocycles. The average Bonchev–Trinajstić information content (AvgIpc) is 3.23. The van der Waals surface area contributed by atoms with Gasteiger partial charge in [-0.3, -0.25) is 0 Å². The molecule has 0 atom stereocenters. The molecule has 0 bridgehead atoms. The molecule has 0 unspecified atom stereocenters. The lowest BCUT2D eigenvalue weighted by molar-refractivity contribution is 0.514. The minimum absolute atomic E-state index is 0.585. The normalized spacial score (nSPS) is 16.1. The fourth-order valence-corrected chi connectivity index (χ4v) is 5.64. The number of rotatable bonds is 8. The van der Waals surface area contributed by atoms with Crippen molar-refractivity contribution in [1.82, 2.24) is 4.90 Å². The van der Waals surface area contributed by atoms with Crippen LogP contribution < -0.4 is 0 Å². The highest BCUT2D eigenvalue weighted by molar-refractivity contribution is 8.06. The molecule has 2 aromatic rings. The molecular formula is C25H26N2S2. The van der Waals surface area contributed by atoms with Gasteiger partial charge in [-0.2, -0.15) is 5.26 Å². The highest BCUT2D eigenvalue weighted by Crippen LogP contribution is 2.42. The molecule has 1 heterocycles. The maximum atomic E-state index is 9.00. The van der Waals surface area contributed by atoms with Gasteiger partial charge in [-0.1, -0.05) is 66.9 Å². The lowest BCUT2D eigenvalue weighted by Crippen LogP contribution is -2.16. The van der Waals surface area contributed by atoms with Crippen molar-refractivity contribution >= 4 is 34.3 Å². The Bertz CT molecular complexity index is 995. The first kappa shape index (κ1) is 21.4. The highest BCUT2D eigenvalue weighted by Gasteiger charge is 2.23. The standard InChI is InChI=1S/C25H26N2S2/c1-3-4-5-10-20(2)27-17-18-28-25(27)24(13-8-9-16-26)29-23-15-14-21-11-6-7-12-22(21)19-23/h3-7,10-12,14-15,19H,2,8-9,13,17-18H2,1H3/b4-3-,10-5-,25-24-. The van der Waals surface area contributed by atoms with E-state index in [0.717, 1.165) is 30.8 Å². The summed E-state index contributed by atoms with van der Waals surface area (Å²) >= 11 is 3.73. The average molecular weight is 419 g/mol. The van der Waals surface area contributed by atoms with E-state index in [1.165, 1.54) is 25.6 Å². The Morgan fingerprint density at radius 3 is 2.86 bits per heavy atom. The van der Waals surface area contributed by atoms with Crippen LogP contribution in [0.5, 0.6) is 0 Å². The van der Waals surface area contributed by atoms with Gasteiger partial charge in [0.1, 0.15) is 0 Å². The lowest BCUT2D eigenvalue weighted by atomic mass is 10.1. The van der Waals surface area contributed by atoms with E-state index in [0.29, 0.717) is 6.42 Å². The summed E-state index contributed by atoms with van der Waals surface area (Å²) in [5, 5.41) is 12.8. The Morgan fingerprint density at radius 1 is 1.24 bits per heavy atom. The topological polar surface area (TPSA) is 27.0 Å². The Hall–Kier alpha value is -2.35. The summed E-state index contributed by atoms with van der Waals surface area (Å²) in [5.74, 6) is 1.06. The van der Waals surface area contributed by atoms with Gasteiger partial charge in [-0.25, -0.2) is 0 Å². The van der Waals surface area contributed by atoms with Crippen LogP contribution in [0.2, 0.25) is 0 Å². The Morgan fingerprint density at radius 2 is 2.07 bits per heavy atom. The van der Waals surface area contributed by atoms with Crippen LogP contribution in [0.25, 0.3) is 10.8 Å². The van der Waals surface area contributed by atoms with Gasteiger partial charge in [-0.05, 0) is 48.7 Å². The van der Waals surface area contributed by atoms with E-state index in [1.54, 1.807) is 0 Å². The maximum absolute atomic E-state index is 9.00. The van der Waals surface area contributed by atoms with Gasteiger partial charge in [0.2, 0.25) is 0 Å². The number of allylic oxidation sites excluding steroid dienone is 5. The first-order chi connectivity index (χ1) is 14.2. The highest BCUT2D eigenvalue weighted by atomic mass is 32.2. The number of benzene rings is 2. The van der Waals surface area contributed by atoms with E-state index in [9.17, 15) is 0 Å². The van der Waals surface area contributed by atoms with Crippen molar-refractivity contribution in [2.75, 3.05) is 12.3 Å². The molecule has 1 aliphatic rings. The third kappa shape index (κ3) is 5.82. The summed E-state index contributed by atoms with van der Waals surface area (Å²) in [6.07, 6.45) is 10.5. The van der Waals surface area contributed by atoms with E-state index in [1.807, 2.05) is 48.7 Å². The predicted octanol–water partition coefficient (Wildman–Crippen LogP) is 7.49. The summed E-state index contributed by atoms with van der Waals surface area (Å²) in [4.78, 5) is 4.89. The van der Waals surface area contributed by atoms with Gasteiger partial charge in [0, 0.05) is 34.2 Å². The fraction of sp³-hybridized carbons (Fsp3) is 0.240. The van der Waals surface area contributed by atoms with Crippen LogP contribution in [0.4, 0.5) is 0 Å². The maximum Gasteiger partial charge on any atom is 0.0853 e. The number of thioether (sulfide) groups is 2. The summed E-state index contributed by atoms with van der Waals surface area (Å²) in [6.45, 7) is 7.26. The molecule has 0 radical (unpaired) electrons. The fourth-order valence-electron chi connectivity index (χ4n) is 3.19. The SMILES string of the molecule is C=C(/C=C\C=C/C)N1CCS/C1=C(/CCCC#N)Sc1ccc2ccccc2c1. The Kier molecular flexibility index (Phi) is 8.10. The van der Waals surface area contributed by atoms with Crippen molar-refractivity contribution in [3.05, 3.63) is 89.0 Å². The van der Waals surface area contributed by atoms with Crippen molar-refractivity contribution in [1.29, 1.82) is 5.26 Å². The molecule has 0 saturated carbocycles. The molecular weight excluding hydrogens is 392 g/mol. The largest absolute Gasteiger partial charge is 0.335 e. The van der Waals surface area contributed by atoms with Crippen LogP contribution in [0.3, 0.4) is 0 Å². The molecule has 4 heteroatoms. The summed E-state index contributed by atoms with van der Waals surface area (Å²) < 4.78 is 0. The van der Waals surface area contributed by atoms with Gasteiger partial charge < -0.3 is 4.90 Å². The minimum atomic E-state index is 0.585. The van der Waals surface area contributed by atoms with Crippen molar-refractivity contribution in [3.63, 3.8) is 0 Å². The summed E-state index contributed by atoms with van der Waals surface area (Å²) in [7, 11) is 0. The Labute approximate surface area is 182 Å². The molecule has 0 spiro atoms. The van der Waals surface area contributed by atoms with E-state index in [2.05, 4.69) is 66.1 Å². The summed E-state index contributed by atoms with van der Waals surface area (Å²) in [5.41, 5.74) is 1.01. The van der Waals surface area contributed by atoms with Crippen molar-refractivity contribution in [2.45, 2.75) is 31.1 Å². The van der Waals surface area contributed by atoms with Gasteiger partial charge in [0.05, 0.1) is 11.1 Å². The van der Waals surface area contributed by atoms with Gasteiger partial charge in [0.25, 0.3) is 0 Å². The number of unbranched alkanes of at least 4 members (excludes halogenated alkanes) is 1. The zero-order valence-corrected chi connectivity index (χ0v) is 18.4. The zero-order valence-electron chi connectivity index (χ0n) is 16.8. The molecule has 1 fully saturated rings. The van der Waals surface area contributed by atoms with Crippen molar-refractivity contribution in [2.24, 2.45) is 0 Å². The molecule has 1 saturated heterocycles. The molecule has 0 aromatic heterocycles. The molecule has 2 nitrogen and oxygen atoms in total. The third-order valence-corrected chi connectivity index (χ3v) is 7.02. The van der Waals surface area contributed by atoms with Crippen molar-refractivity contribution in [3.8, 4) is 6.07 Å². The van der Waals surface area contributed by atoms with Crippen LogP contribution in [0.1, 0.15) is 26.2 Å². The van der Waals surface area contributed by atoms with Crippen LogP contribution >= 0.6 is 23.5 Å². The molecule has 148 valence electrons. The number of nitrogens with zero attached hydrogens (tertiary/aromatic N) is 2. The molecule has 3 rings (SSSR count). The lowest BCUT2D eigenvalue weighted by Gasteiger charge is -2.22. The van der Waals surface area contributed by atoms with Crippen LogP contribution in [0.15, 0.2) is 93.9 Å². The quantitative estimate of drug-likeness (QED) is 0.252. The first-order valence-corrected chi connectivity index (χ1v) is 11.7. The molecule has 29 heavy (non-hydrogen) atoms. The Balaban J connectivity index is 1.89. The smallest absolute Gasteiger partial charge is 0.0853 e. The van der Waals surface area contributed by atoms with Crippen LogP contribution in [-0.2, 0) is 0 Å².